The van der Waals surface area contributed by atoms with Gasteiger partial charge in [0.05, 0.1) is 6.20 Å². The van der Waals surface area contributed by atoms with Crippen molar-refractivity contribution < 1.29 is 0 Å². The SMILES string of the molecule is CCn1cc(-c2cccnc2)nn1. The Morgan fingerprint density at radius 3 is 3.00 bits per heavy atom. The minimum absolute atomic E-state index is 0.841. The summed E-state index contributed by atoms with van der Waals surface area (Å²) in [6.45, 7) is 2.87. The first kappa shape index (κ1) is 7.91. The van der Waals surface area contributed by atoms with Crippen molar-refractivity contribution in [1.82, 2.24) is 20.0 Å². The molecule has 0 atom stereocenters. The molecule has 0 saturated heterocycles. The average Bonchev–Trinajstić information content (AvgIpc) is 2.67. The van der Waals surface area contributed by atoms with Crippen LogP contribution >= 0.6 is 0 Å². The number of nitrogens with zero attached hydrogens (tertiary/aromatic N) is 4. The van der Waals surface area contributed by atoms with E-state index in [4.69, 9.17) is 0 Å². The molecule has 66 valence electrons. The third kappa shape index (κ3) is 1.56. The minimum Gasteiger partial charge on any atom is -0.264 e. The van der Waals surface area contributed by atoms with E-state index in [1.165, 1.54) is 0 Å². The highest BCUT2D eigenvalue weighted by Crippen LogP contribution is 2.12. The first-order valence-electron chi connectivity index (χ1n) is 4.20. The molecule has 0 aliphatic rings. The van der Waals surface area contributed by atoms with Crippen molar-refractivity contribution in [3.8, 4) is 11.3 Å². The van der Waals surface area contributed by atoms with Crippen molar-refractivity contribution >= 4 is 0 Å². The van der Waals surface area contributed by atoms with Crippen LogP contribution in [0.25, 0.3) is 11.3 Å². The zero-order chi connectivity index (χ0) is 9.10. The van der Waals surface area contributed by atoms with Crippen LogP contribution in [0.3, 0.4) is 0 Å². The third-order valence-corrected chi connectivity index (χ3v) is 1.82. The summed E-state index contributed by atoms with van der Waals surface area (Å²) in [5.74, 6) is 0. The molecule has 0 bridgehead atoms. The van der Waals surface area contributed by atoms with Gasteiger partial charge in [-0.25, -0.2) is 0 Å². The molecule has 0 fully saturated rings. The standard InChI is InChI=1S/C9H10N4/c1-2-13-7-9(11-12-13)8-4-3-5-10-6-8/h3-7H,2H2,1H3. The summed E-state index contributed by atoms with van der Waals surface area (Å²) >= 11 is 0. The summed E-state index contributed by atoms with van der Waals surface area (Å²) in [6, 6.07) is 3.86. The van der Waals surface area contributed by atoms with Crippen molar-refractivity contribution in [3.05, 3.63) is 30.7 Å². The van der Waals surface area contributed by atoms with E-state index in [1.54, 1.807) is 17.1 Å². The molecule has 2 aromatic rings. The highest BCUT2D eigenvalue weighted by Gasteiger charge is 2.01. The molecule has 0 unspecified atom stereocenters. The van der Waals surface area contributed by atoms with Gasteiger partial charge in [-0.2, -0.15) is 0 Å². The summed E-state index contributed by atoms with van der Waals surface area (Å²) in [7, 11) is 0. The van der Waals surface area contributed by atoms with E-state index < -0.39 is 0 Å². The fourth-order valence-corrected chi connectivity index (χ4v) is 1.10. The lowest BCUT2D eigenvalue weighted by molar-refractivity contribution is 0.627. The Bertz CT molecular complexity index is 380. The Morgan fingerprint density at radius 1 is 1.46 bits per heavy atom. The molecule has 0 aromatic carbocycles. The van der Waals surface area contributed by atoms with Gasteiger partial charge in [0, 0.05) is 24.5 Å². The Labute approximate surface area is 76.2 Å². The monoisotopic (exact) mass is 174 g/mol. The molecule has 0 radical (unpaired) electrons. The average molecular weight is 174 g/mol. The van der Waals surface area contributed by atoms with Crippen LogP contribution in [0.15, 0.2) is 30.7 Å². The van der Waals surface area contributed by atoms with E-state index in [1.807, 2.05) is 25.3 Å². The number of rotatable bonds is 2. The molecule has 2 heterocycles. The molecule has 0 aliphatic heterocycles. The van der Waals surface area contributed by atoms with E-state index in [9.17, 15) is 0 Å². The summed E-state index contributed by atoms with van der Waals surface area (Å²) in [5.41, 5.74) is 1.87. The molecule has 0 spiro atoms. The van der Waals surface area contributed by atoms with Gasteiger partial charge in [-0.3, -0.25) is 9.67 Å². The Morgan fingerprint density at radius 2 is 2.38 bits per heavy atom. The first-order chi connectivity index (χ1) is 6.40. The summed E-state index contributed by atoms with van der Waals surface area (Å²) < 4.78 is 1.79. The highest BCUT2D eigenvalue weighted by molar-refractivity contribution is 5.55. The maximum Gasteiger partial charge on any atom is 0.114 e. The molecule has 0 saturated carbocycles. The normalized spacial score (nSPS) is 10.2. The smallest absolute Gasteiger partial charge is 0.114 e. The Kier molecular flexibility index (Phi) is 2.04. The van der Waals surface area contributed by atoms with Crippen LogP contribution in [0.4, 0.5) is 0 Å². The van der Waals surface area contributed by atoms with Crippen molar-refractivity contribution in [2.75, 3.05) is 0 Å². The van der Waals surface area contributed by atoms with Crippen LogP contribution in [0.1, 0.15) is 6.92 Å². The maximum absolute atomic E-state index is 4.03. The molecule has 2 rings (SSSR count). The zero-order valence-electron chi connectivity index (χ0n) is 7.38. The molecule has 2 aromatic heterocycles. The van der Waals surface area contributed by atoms with E-state index >= 15 is 0 Å². The van der Waals surface area contributed by atoms with Gasteiger partial charge in [0.25, 0.3) is 0 Å². The van der Waals surface area contributed by atoms with Crippen LogP contribution in [-0.2, 0) is 6.54 Å². The zero-order valence-corrected chi connectivity index (χ0v) is 7.38. The molecule has 13 heavy (non-hydrogen) atoms. The van der Waals surface area contributed by atoms with Gasteiger partial charge in [-0.05, 0) is 19.1 Å². The van der Waals surface area contributed by atoms with Gasteiger partial charge in [0.15, 0.2) is 0 Å². The van der Waals surface area contributed by atoms with Crippen LogP contribution in [0, 0.1) is 0 Å². The van der Waals surface area contributed by atoms with E-state index in [2.05, 4.69) is 15.3 Å². The lowest BCUT2D eigenvalue weighted by Crippen LogP contribution is -1.93. The van der Waals surface area contributed by atoms with Gasteiger partial charge in [0.2, 0.25) is 0 Å². The van der Waals surface area contributed by atoms with E-state index in [-0.39, 0.29) is 0 Å². The molecule has 0 aliphatic carbocycles. The molecular weight excluding hydrogens is 164 g/mol. The quantitative estimate of drug-likeness (QED) is 0.690. The van der Waals surface area contributed by atoms with Crippen molar-refractivity contribution in [3.63, 3.8) is 0 Å². The number of aromatic nitrogens is 4. The fourth-order valence-electron chi connectivity index (χ4n) is 1.10. The van der Waals surface area contributed by atoms with Gasteiger partial charge < -0.3 is 0 Å². The number of aryl methyl sites for hydroxylation is 1. The van der Waals surface area contributed by atoms with Crippen molar-refractivity contribution in [2.45, 2.75) is 13.5 Å². The lowest BCUT2D eigenvalue weighted by atomic mass is 10.2. The van der Waals surface area contributed by atoms with Crippen LogP contribution in [0.5, 0.6) is 0 Å². The summed E-state index contributed by atoms with van der Waals surface area (Å²) in [6.07, 6.45) is 5.44. The van der Waals surface area contributed by atoms with Crippen molar-refractivity contribution in [2.24, 2.45) is 0 Å². The Balaban J connectivity index is 2.36. The van der Waals surface area contributed by atoms with Crippen LogP contribution in [0.2, 0.25) is 0 Å². The second-order valence-electron chi connectivity index (χ2n) is 2.70. The van der Waals surface area contributed by atoms with Gasteiger partial charge in [-0.15, -0.1) is 5.10 Å². The topological polar surface area (TPSA) is 43.6 Å². The number of hydrogen-bond acceptors (Lipinski definition) is 3. The fraction of sp³-hybridized carbons (Fsp3) is 0.222. The number of pyridine rings is 1. The second-order valence-corrected chi connectivity index (χ2v) is 2.70. The minimum atomic E-state index is 0.841. The van der Waals surface area contributed by atoms with Gasteiger partial charge in [-0.1, -0.05) is 5.21 Å². The molecule has 0 amide bonds. The second kappa shape index (κ2) is 3.35. The van der Waals surface area contributed by atoms with Crippen LogP contribution in [-0.4, -0.2) is 20.0 Å². The summed E-state index contributed by atoms with van der Waals surface area (Å²) in [4.78, 5) is 4.02. The molecule has 4 nitrogen and oxygen atoms in total. The number of hydrogen-bond donors (Lipinski definition) is 0. The van der Waals surface area contributed by atoms with Gasteiger partial charge >= 0.3 is 0 Å². The first-order valence-corrected chi connectivity index (χ1v) is 4.20. The van der Waals surface area contributed by atoms with Gasteiger partial charge in [0.1, 0.15) is 5.69 Å². The van der Waals surface area contributed by atoms with Crippen molar-refractivity contribution in [1.29, 1.82) is 0 Å². The maximum atomic E-state index is 4.03. The third-order valence-electron chi connectivity index (χ3n) is 1.82. The molecule has 4 heteroatoms. The predicted octanol–water partition coefficient (Wildman–Crippen LogP) is 1.36. The Hall–Kier alpha value is -1.71. The van der Waals surface area contributed by atoms with E-state index in [0.717, 1.165) is 17.8 Å². The predicted molar refractivity (Wildman–Crippen MR) is 48.9 cm³/mol. The van der Waals surface area contributed by atoms with Crippen LogP contribution < -0.4 is 0 Å². The largest absolute Gasteiger partial charge is 0.264 e. The highest BCUT2D eigenvalue weighted by atomic mass is 15.4. The molecule has 0 N–H and O–H groups in total. The lowest BCUT2D eigenvalue weighted by Gasteiger charge is -1.91. The molecular formula is C9H10N4. The van der Waals surface area contributed by atoms with E-state index in [0.29, 0.717) is 0 Å². The summed E-state index contributed by atoms with van der Waals surface area (Å²) in [5, 5.41) is 7.98.